The van der Waals surface area contributed by atoms with Crippen LogP contribution in [0.3, 0.4) is 0 Å². The molecule has 18 heavy (non-hydrogen) atoms. The van der Waals surface area contributed by atoms with Crippen molar-refractivity contribution >= 4 is 5.96 Å². The van der Waals surface area contributed by atoms with E-state index in [-0.39, 0.29) is 11.6 Å². The van der Waals surface area contributed by atoms with E-state index in [1.165, 1.54) is 6.07 Å². The van der Waals surface area contributed by atoms with Gasteiger partial charge in [-0.1, -0.05) is 12.1 Å². The van der Waals surface area contributed by atoms with Crippen molar-refractivity contribution in [1.29, 1.82) is 0 Å². The van der Waals surface area contributed by atoms with Gasteiger partial charge in [0.15, 0.2) is 17.5 Å². The Bertz CT molecular complexity index is 395. The molecule has 0 fully saturated rings. The summed E-state index contributed by atoms with van der Waals surface area (Å²) in [5, 5.41) is 0. The van der Waals surface area contributed by atoms with Crippen molar-refractivity contribution in [2.24, 2.45) is 4.99 Å². The van der Waals surface area contributed by atoms with Crippen LogP contribution < -0.4 is 4.74 Å². The van der Waals surface area contributed by atoms with Crippen LogP contribution in [0.15, 0.2) is 29.3 Å². The van der Waals surface area contributed by atoms with Crippen LogP contribution in [-0.4, -0.2) is 57.1 Å². The van der Waals surface area contributed by atoms with Gasteiger partial charge in [-0.25, -0.2) is 9.38 Å². The number of hydrogen-bond acceptors (Lipinski definition) is 2. The fraction of sp³-hybridized carbons (Fsp3) is 0.462. The number of guanidine groups is 1. The van der Waals surface area contributed by atoms with Crippen molar-refractivity contribution in [2.75, 3.05) is 41.3 Å². The number of nitrogens with zero attached hydrogens (tertiary/aromatic N) is 3. The van der Waals surface area contributed by atoms with Gasteiger partial charge in [-0.2, -0.15) is 0 Å². The van der Waals surface area contributed by atoms with E-state index in [0.717, 1.165) is 5.96 Å². The highest BCUT2D eigenvalue weighted by atomic mass is 19.1. The molecule has 0 radical (unpaired) electrons. The molecule has 0 heterocycles. The number of ether oxygens (including phenoxy) is 1. The molecule has 0 bridgehead atoms. The number of rotatable bonds is 4. The summed E-state index contributed by atoms with van der Waals surface area (Å²) in [4.78, 5) is 8.23. The summed E-state index contributed by atoms with van der Waals surface area (Å²) in [7, 11) is 7.71. The maximum Gasteiger partial charge on any atom is 0.195 e. The maximum absolute atomic E-state index is 13.3. The predicted molar refractivity (Wildman–Crippen MR) is 71.6 cm³/mol. The van der Waals surface area contributed by atoms with Crippen LogP contribution in [0, 0.1) is 5.82 Å². The Kier molecular flexibility index (Phi) is 5.42. The molecule has 4 nitrogen and oxygen atoms in total. The Hall–Kier alpha value is -1.78. The number of para-hydroxylation sites is 1. The molecule has 1 rings (SSSR count). The topological polar surface area (TPSA) is 28.1 Å². The minimum absolute atomic E-state index is 0.268. The second kappa shape index (κ2) is 6.83. The van der Waals surface area contributed by atoms with Crippen molar-refractivity contribution in [3.05, 3.63) is 30.1 Å². The first-order valence-corrected chi connectivity index (χ1v) is 5.79. The number of aliphatic imine (C=N–C) groups is 1. The Balaban J connectivity index is 2.47. The lowest BCUT2D eigenvalue weighted by Gasteiger charge is -2.22. The molecule has 100 valence electrons. The lowest BCUT2D eigenvalue weighted by atomic mass is 10.3. The van der Waals surface area contributed by atoms with Crippen molar-refractivity contribution in [3.63, 3.8) is 0 Å². The van der Waals surface area contributed by atoms with Crippen LogP contribution in [0.4, 0.5) is 4.39 Å². The zero-order valence-electron chi connectivity index (χ0n) is 11.4. The normalized spacial score (nSPS) is 9.83. The third-order valence-electron chi connectivity index (χ3n) is 2.24. The van der Waals surface area contributed by atoms with Gasteiger partial charge in [0, 0.05) is 28.2 Å². The number of hydrogen-bond donors (Lipinski definition) is 0. The first-order valence-electron chi connectivity index (χ1n) is 5.79. The summed E-state index contributed by atoms with van der Waals surface area (Å²) in [5.41, 5.74) is 0. The molecule has 0 aliphatic heterocycles. The van der Waals surface area contributed by atoms with E-state index in [4.69, 9.17) is 4.74 Å². The minimum atomic E-state index is -0.345. The molecule has 0 saturated heterocycles. The average molecular weight is 253 g/mol. The molecule has 0 amide bonds. The molecule has 1 aromatic carbocycles. The van der Waals surface area contributed by atoms with Crippen molar-refractivity contribution < 1.29 is 9.13 Å². The first kappa shape index (κ1) is 14.3. The zero-order valence-corrected chi connectivity index (χ0v) is 11.4. The highest BCUT2D eigenvalue weighted by Gasteiger charge is 2.04. The highest BCUT2D eigenvalue weighted by Crippen LogP contribution is 2.14. The molecule has 0 aliphatic carbocycles. The summed E-state index contributed by atoms with van der Waals surface area (Å²) < 4.78 is 18.6. The SMILES string of the molecule is CN(C)C(=NCCOc1ccccc1F)N(C)C. The van der Waals surface area contributed by atoms with Gasteiger partial charge in [-0.15, -0.1) is 0 Å². The molecular weight excluding hydrogens is 233 g/mol. The van der Waals surface area contributed by atoms with Gasteiger partial charge >= 0.3 is 0 Å². The van der Waals surface area contributed by atoms with E-state index < -0.39 is 0 Å². The maximum atomic E-state index is 13.3. The third kappa shape index (κ3) is 4.24. The largest absolute Gasteiger partial charge is 0.489 e. The Morgan fingerprint density at radius 1 is 1.17 bits per heavy atom. The van der Waals surface area contributed by atoms with Crippen LogP contribution in [0.1, 0.15) is 0 Å². The number of halogens is 1. The summed E-state index contributed by atoms with van der Waals surface area (Å²) in [6.45, 7) is 0.839. The van der Waals surface area contributed by atoms with Crippen molar-refractivity contribution in [3.8, 4) is 5.75 Å². The van der Waals surface area contributed by atoms with Crippen LogP contribution in [0.25, 0.3) is 0 Å². The Morgan fingerprint density at radius 3 is 2.33 bits per heavy atom. The van der Waals surface area contributed by atoms with Gasteiger partial charge in [0.05, 0.1) is 6.54 Å². The van der Waals surface area contributed by atoms with Crippen LogP contribution >= 0.6 is 0 Å². The van der Waals surface area contributed by atoms with Crippen LogP contribution in [0.2, 0.25) is 0 Å². The summed E-state index contributed by atoms with van der Waals surface area (Å²) in [6.07, 6.45) is 0. The molecule has 0 unspecified atom stereocenters. The summed E-state index contributed by atoms with van der Waals surface area (Å²) >= 11 is 0. The molecule has 0 aromatic heterocycles. The van der Waals surface area contributed by atoms with E-state index in [1.807, 2.05) is 38.0 Å². The van der Waals surface area contributed by atoms with E-state index in [9.17, 15) is 4.39 Å². The second-order valence-electron chi connectivity index (χ2n) is 4.25. The molecule has 0 spiro atoms. The van der Waals surface area contributed by atoms with Gasteiger partial charge in [-0.3, -0.25) is 0 Å². The van der Waals surface area contributed by atoms with Crippen LogP contribution in [-0.2, 0) is 0 Å². The van der Waals surface area contributed by atoms with Gasteiger partial charge in [0.2, 0.25) is 0 Å². The van der Waals surface area contributed by atoms with Crippen LogP contribution in [0.5, 0.6) is 5.75 Å². The van der Waals surface area contributed by atoms with Gasteiger partial charge in [-0.05, 0) is 12.1 Å². The van der Waals surface area contributed by atoms with Gasteiger partial charge < -0.3 is 14.5 Å². The third-order valence-corrected chi connectivity index (χ3v) is 2.24. The van der Waals surface area contributed by atoms with Crippen molar-refractivity contribution in [2.45, 2.75) is 0 Å². The number of benzene rings is 1. The Morgan fingerprint density at radius 2 is 1.78 bits per heavy atom. The first-order chi connectivity index (χ1) is 8.52. The summed E-state index contributed by atoms with van der Waals surface area (Å²) in [6, 6.07) is 6.37. The molecule has 0 saturated carbocycles. The van der Waals surface area contributed by atoms with Gasteiger partial charge in [0.1, 0.15) is 6.61 Å². The van der Waals surface area contributed by atoms with E-state index in [1.54, 1.807) is 18.2 Å². The highest BCUT2D eigenvalue weighted by molar-refractivity contribution is 5.79. The smallest absolute Gasteiger partial charge is 0.195 e. The lowest BCUT2D eigenvalue weighted by Crippen LogP contribution is -2.35. The molecule has 5 heteroatoms. The van der Waals surface area contributed by atoms with E-state index >= 15 is 0 Å². The minimum Gasteiger partial charge on any atom is -0.489 e. The average Bonchev–Trinajstić information content (AvgIpc) is 2.30. The monoisotopic (exact) mass is 253 g/mol. The molecule has 0 N–H and O–H groups in total. The second-order valence-corrected chi connectivity index (χ2v) is 4.25. The molecular formula is C13H20FN3O. The fourth-order valence-corrected chi connectivity index (χ4v) is 1.55. The molecule has 0 aliphatic rings. The Labute approximate surface area is 108 Å². The standard InChI is InChI=1S/C13H20FN3O/c1-16(2)13(17(3)4)15-9-10-18-12-8-6-5-7-11(12)14/h5-8H,9-10H2,1-4H3. The fourth-order valence-electron chi connectivity index (χ4n) is 1.55. The zero-order chi connectivity index (χ0) is 13.5. The van der Waals surface area contributed by atoms with Gasteiger partial charge in [0.25, 0.3) is 0 Å². The molecule has 0 atom stereocenters. The van der Waals surface area contributed by atoms with E-state index in [0.29, 0.717) is 13.2 Å². The molecule has 1 aromatic rings. The quantitative estimate of drug-likeness (QED) is 0.464. The van der Waals surface area contributed by atoms with E-state index in [2.05, 4.69) is 4.99 Å². The predicted octanol–water partition coefficient (Wildman–Crippen LogP) is 1.68. The lowest BCUT2D eigenvalue weighted by molar-refractivity contribution is 0.310. The summed E-state index contributed by atoms with van der Waals surface area (Å²) in [5.74, 6) is 0.776. The van der Waals surface area contributed by atoms with Crippen molar-refractivity contribution in [1.82, 2.24) is 9.80 Å².